The molecule has 0 spiro atoms. The van der Waals surface area contributed by atoms with Gasteiger partial charge in [0.2, 0.25) is 0 Å². The van der Waals surface area contributed by atoms with E-state index in [0.29, 0.717) is 0 Å². The summed E-state index contributed by atoms with van der Waals surface area (Å²) in [6.07, 6.45) is 5.10. The van der Waals surface area contributed by atoms with Crippen molar-refractivity contribution in [3.05, 3.63) is 83.3 Å². The van der Waals surface area contributed by atoms with Gasteiger partial charge in [0.1, 0.15) is 5.75 Å². The smallest absolute Gasteiger partial charge is 0.119 e. The second-order valence-corrected chi connectivity index (χ2v) is 7.48. The van der Waals surface area contributed by atoms with Crippen molar-refractivity contribution in [1.82, 2.24) is 19.7 Å². The number of aromatic amines is 1. The number of aromatic nitrogens is 3. The Kier molecular flexibility index (Phi) is 4.17. The number of ether oxygens (including phenoxy) is 1. The van der Waals surface area contributed by atoms with E-state index in [0.717, 1.165) is 25.3 Å². The lowest BCUT2D eigenvalue weighted by Gasteiger charge is -2.36. The monoisotopic (exact) mass is 372 g/mol. The molecule has 1 aliphatic rings. The maximum atomic E-state index is 5.51. The molecule has 3 heterocycles. The van der Waals surface area contributed by atoms with Crippen LogP contribution in [0.4, 0.5) is 0 Å². The number of H-pyrrole nitrogens is 1. The zero-order chi connectivity index (χ0) is 19.1. The van der Waals surface area contributed by atoms with Gasteiger partial charge in [-0.3, -0.25) is 9.58 Å². The lowest BCUT2D eigenvalue weighted by atomic mass is 9.92. The molecule has 28 heavy (non-hydrogen) atoms. The van der Waals surface area contributed by atoms with E-state index >= 15 is 0 Å². The highest BCUT2D eigenvalue weighted by molar-refractivity contribution is 5.85. The topological polar surface area (TPSA) is 46.1 Å². The summed E-state index contributed by atoms with van der Waals surface area (Å²) in [6, 6.07) is 17.2. The Morgan fingerprint density at radius 2 is 2.07 bits per heavy atom. The minimum atomic E-state index is 0.159. The molecule has 2 aromatic heterocycles. The first kappa shape index (κ1) is 17.1. The van der Waals surface area contributed by atoms with Crippen molar-refractivity contribution in [1.29, 1.82) is 0 Å². The highest BCUT2D eigenvalue weighted by Gasteiger charge is 2.32. The molecule has 1 aliphatic heterocycles. The number of nitrogens with one attached hydrogen (secondary N) is 1. The summed E-state index contributed by atoms with van der Waals surface area (Å²) in [7, 11) is 3.69. The standard InChI is InChI=1S/C23H24N4O/c1-26-14-16(13-24-26)15-27-11-10-20-19-8-3-4-9-21(19)25-22(20)23(27)17-6-5-7-18(12-17)28-2/h3-9,12-14,23,25H,10-11,15H2,1-2H3. The summed E-state index contributed by atoms with van der Waals surface area (Å²) in [4.78, 5) is 6.25. The molecular weight excluding hydrogens is 348 g/mol. The van der Waals surface area contributed by atoms with Crippen LogP contribution in [-0.2, 0) is 20.0 Å². The first-order chi connectivity index (χ1) is 13.7. The van der Waals surface area contributed by atoms with Gasteiger partial charge in [-0.1, -0.05) is 30.3 Å². The molecule has 4 aromatic rings. The molecule has 0 bridgehead atoms. The van der Waals surface area contributed by atoms with Crippen LogP contribution in [0.2, 0.25) is 0 Å². The number of nitrogens with zero attached hydrogens (tertiary/aromatic N) is 3. The van der Waals surface area contributed by atoms with Crippen molar-refractivity contribution in [2.45, 2.75) is 19.0 Å². The number of para-hydroxylation sites is 1. The molecule has 142 valence electrons. The van der Waals surface area contributed by atoms with Gasteiger partial charge in [0.15, 0.2) is 0 Å². The largest absolute Gasteiger partial charge is 0.497 e. The zero-order valence-corrected chi connectivity index (χ0v) is 16.2. The maximum Gasteiger partial charge on any atom is 0.119 e. The SMILES string of the molecule is COc1cccc(C2c3[nH]c4ccccc4c3CCN2Cc2cnn(C)c2)c1. The van der Waals surface area contributed by atoms with E-state index in [1.54, 1.807) is 7.11 Å². The molecular formula is C23H24N4O. The summed E-state index contributed by atoms with van der Waals surface area (Å²) in [6.45, 7) is 1.87. The lowest BCUT2D eigenvalue weighted by Crippen LogP contribution is -2.35. The van der Waals surface area contributed by atoms with Crippen LogP contribution in [0.15, 0.2) is 60.9 Å². The lowest BCUT2D eigenvalue weighted by molar-refractivity contribution is 0.201. The van der Waals surface area contributed by atoms with Gasteiger partial charge in [-0.15, -0.1) is 0 Å². The van der Waals surface area contributed by atoms with Crippen molar-refractivity contribution in [3.63, 3.8) is 0 Å². The summed E-state index contributed by atoms with van der Waals surface area (Å²) in [5, 5.41) is 5.69. The van der Waals surface area contributed by atoms with E-state index < -0.39 is 0 Å². The molecule has 0 saturated heterocycles. The summed E-state index contributed by atoms with van der Waals surface area (Å²) in [5.41, 5.74) is 6.42. The Balaban J connectivity index is 1.63. The fourth-order valence-corrected chi connectivity index (χ4v) is 4.44. The highest BCUT2D eigenvalue weighted by atomic mass is 16.5. The summed E-state index contributed by atoms with van der Waals surface area (Å²) in [5.74, 6) is 0.891. The van der Waals surface area contributed by atoms with Crippen LogP contribution in [0.25, 0.3) is 10.9 Å². The van der Waals surface area contributed by atoms with Crippen LogP contribution < -0.4 is 4.74 Å². The van der Waals surface area contributed by atoms with Gasteiger partial charge < -0.3 is 9.72 Å². The van der Waals surface area contributed by atoms with E-state index in [2.05, 4.69) is 63.6 Å². The fourth-order valence-electron chi connectivity index (χ4n) is 4.44. The second-order valence-electron chi connectivity index (χ2n) is 7.48. The Hall–Kier alpha value is -3.05. The molecule has 0 saturated carbocycles. The molecule has 2 aromatic carbocycles. The molecule has 1 unspecified atom stereocenters. The van der Waals surface area contributed by atoms with E-state index in [4.69, 9.17) is 4.74 Å². The number of methoxy groups -OCH3 is 1. The molecule has 5 nitrogen and oxygen atoms in total. The molecule has 1 atom stereocenters. The van der Waals surface area contributed by atoms with Crippen LogP contribution in [0, 0.1) is 0 Å². The highest BCUT2D eigenvalue weighted by Crippen LogP contribution is 2.39. The van der Waals surface area contributed by atoms with Crippen LogP contribution >= 0.6 is 0 Å². The Morgan fingerprint density at radius 1 is 1.18 bits per heavy atom. The molecule has 0 aliphatic carbocycles. The zero-order valence-electron chi connectivity index (χ0n) is 16.2. The summed E-state index contributed by atoms with van der Waals surface area (Å²) < 4.78 is 7.38. The fraction of sp³-hybridized carbons (Fsp3) is 0.261. The molecule has 5 heteroatoms. The van der Waals surface area contributed by atoms with Gasteiger partial charge in [-0.05, 0) is 35.7 Å². The number of hydrogen-bond donors (Lipinski definition) is 1. The average molecular weight is 372 g/mol. The quantitative estimate of drug-likeness (QED) is 0.588. The number of benzene rings is 2. The van der Waals surface area contributed by atoms with E-state index in [1.165, 1.54) is 33.3 Å². The van der Waals surface area contributed by atoms with Crippen LogP contribution in [0.3, 0.4) is 0 Å². The number of fused-ring (bicyclic) bond motifs is 3. The third-order valence-electron chi connectivity index (χ3n) is 5.69. The van der Waals surface area contributed by atoms with Gasteiger partial charge in [-0.2, -0.15) is 5.10 Å². The van der Waals surface area contributed by atoms with Gasteiger partial charge in [-0.25, -0.2) is 0 Å². The van der Waals surface area contributed by atoms with Crippen molar-refractivity contribution < 1.29 is 4.74 Å². The van der Waals surface area contributed by atoms with Crippen LogP contribution in [-0.4, -0.2) is 33.3 Å². The first-order valence-electron chi connectivity index (χ1n) is 9.68. The minimum Gasteiger partial charge on any atom is -0.497 e. The number of hydrogen-bond acceptors (Lipinski definition) is 3. The Labute approximate surface area is 164 Å². The number of rotatable bonds is 4. The average Bonchev–Trinajstić information content (AvgIpc) is 3.30. The Morgan fingerprint density at radius 3 is 2.89 bits per heavy atom. The molecule has 0 radical (unpaired) electrons. The minimum absolute atomic E-state index is 0.159. The predicted octanol–water partition coefficient (Wildman–Crippen LogP) is 4.06. The van der Waals surface area contributed by atoms with Gasteiger partial charge >= 0.3 is 0 Å². The van der Waals surface area contributed by atoms with Crippen LogP contribution in [0.1, 0.15) is 28.4 Å². The van der Waals surface area contributed by atoms with Crippen molar-refractivity contribution in [2.75, 3.05) is 13.7 Å². The second kappa shape index (κ2) is 6.84. The van der Waals surface area contributed by atoms with Gasteiger partial charge in [0, 0.05) is 48.5 Å². The molecule has 1 N–H and O–H groups in total. The maximum absolute atomic E-state index is 5.51. The molecule has 0 amide bonds. The first-order valence-corrected chi connectivity index (χ1v) is 9.68. The summed E-state index contributed by atoms with van der Waals surface area (Å²) >= 11 is 0. The normalized spacial score (nSPS) is 17.0. The third kappa shape index (κ3) is 2.88. The van der Waals surface area contributed by atoms with E-state index in [1.807, 2.05) is 24.0 Å². The molecule has 5 rings (SSSR count). The molecule has 0 fully saturated rings. The van der Waals surface area contributed by atoms with Crippen molar-refractivity contribution in [2.24, 2.45) is 7.05 Å². The van der Waals surface area contributed by atoms with E-state index in [-0.39, 0.29) is 6.04 Å². The number of aryl methyl sites for hydroxylation is 1. The van der Waals surface area contributed by atoms with E-state index in [9.17, 15) is 0 Å². The van der Waals surface area contributed by atoms with Crippen LogP contribution in [0.5, 0.6) is 5.75 Å². The van der Waals surface area contributed by atoms with Crippen molar-refractivity contribution >= 4 is 10.9 Å². The third-order valence-corrected chi connectivity index (χ3v) is 5.69. The Bertz CT molecular complexity index is 1130. The van der Waals surface area contributed by atoms with Crippen molar-refractivity contribution in [3.8, 4) is 5.75 Å². The predicted molar refractivity (Wildman–Crippen MR) is 110 cm³/mol. The van der Waals surface area contributed by atoms with Gasteiger partial charge in [0.25, 0.3) is 0 Å². The van der Waals surface area contributed by atoms with Gasteiger partial charge in [0.05, 0.1) is 19.3 Å².